The fourth-order valence-corrected chi connectivity index (χ4v) is 2.11. The molecule has 1 aromatic rings. The van der Waals surface area contributed by atoms with Crippen LogP contribution in [0.25, 0.3) is 0 Å². The summed E-state index contributed by atoms with van der Waals surface area (Å²) in [7, 11) is -3.99. The summed E-state index contributed by atoms with van der Waals surface area (Å²) in [6.45, 7) is 3.02. The smallest absolute Gasteiger partial charge is 0.323 e. The number of primary sulfonamides is 1. The Morgan fingerprint density at radius 2 is 2.05 bits per heavy atom. The molecule has 0 bridgehead atoms. The molecule has 0 spiro atoms. The molecule has 1 rings (SSSR count). The molecule has 8 heteroatoms. The van der Waals surface area contributed by atoms with E-state index in [1.54, 1.807) is 13.8 Å². The van der Waals surface area contributed by atoms with Crippen molar-refractivity contribution in [1.29, 1.82) is 0 Å². The topological polar surface area (TPSA) is 101 Å². The van der Waals surface area contributed by atoms with E-state index >= 15 is 0 Å². The summed E-state index contributed by atoms with van der Waals surface area (Å²) in [6, 6.07) is 2.87. The largest absolute Gasteiger partial charge is 0.480 e. The zero-order valence-electron chi connectivity index (χ0n) is 10.5. The minimum absolute atomic E-state index is 0.0183. The highest BCUT2D eigenvalue weighted by molar-refractivity contribution is 7.89. The highest BCUT2D eigenvalue weighted by atomic mass is 32.2. The van der Waals surface area contributed by atoms with Crippen molar-refractivity contribution in [3.63, 3.8) is 0 Å². The van der Waals surface area contributed by atoms with Crippen LogP contribution in [-0.4, -0.2) is 32.1 Å². The number of nitrogens with zero attached hydrogens (tertiary/aromatic N) is 1. The van der Waals surface area contributed by atoms with Gasteiger partial charge in [-0.05, 0) is 32.0 Å². The van der Waals surface area contributed by atoms with E-state index in [0.29, 0.717) is 0 Å². The molecule has 0 radical (unpaired) electrons. The molecule has 106 valence electrons. The predicted octanol–water partition coefficient (Wildman–Crippen LogP) is 0.773. The zero-order valence-corrected chi connectivity index (χ0v) is 11.3. The molecule has 1 aromatic carbocycles. The highest BCUT2D eigenvalue weighted by Crippen LogP contribution is 2.23. The molecule has 0 aliphatic rings. The Morgan fingerprint density at radius 3 is 2.42 bits per heavy atom. The summed E-state index contributed by atoms with van der Waals surface area (Å²) in [6.07, 6.45) is 0. The van der Waals surface area contributed by atoms with Crippen molar-refractivity contribution in [2.24, 2.45) is 5.14 Å². The Morgan fingerprint density at radius 1 is 1.47 bits per heavy atom. The van der Waals surface area contributed by atoms with Gasteiger partial charge in [0.25, 0.3) is 0 Å². The van der Waals surface area contributed by atoms with Gasteiger partial charge >= 0.3 is 5.97 Å². The van der Waals surface area contributed by atoms with E-state index in [9.17, 15) is 17.6 Å². The summed E-state index contributed by atoms with van der Waals surface area (Å²) in [5.41, 5.74) is 0.0183. The quantitative estimate of drug-likeness (QED) is 0.834. The Kier molecular flexibility index (Phi) is 4.48. The second kappa shape index (κ2) is 5.54. The summed E-state index contributed by atoms with van der Waals surface area (Å²) in [4.78, 5) is 11.7. The van der Waals surface area contributed by atoms with Crippen LogP contribution in [0.3, 0.4) is 0 Å². The summed E-state index contributed by atoms with van der Waals surface area (Å²) < 4.78 is 36.0. The van der Waals surface area contributed by atoms with Gasteiger partial charge in [0.2, 0.25) is 10.0 Å². The number of anilines is 1. The van der Waals surface area contributed by atoms with Crippen LogP contribution in [0, 0.1) is 5.82 Å². The molecule has 0 saturated carbocycles. The van der Waals surface area contributed by atoms with E-state index in [4.69, 9.17) is 10.2 Å². The summed E-state index contributed by atoms with van der Waals surface area (Å²) in [5.74, 6) is -1.94. The van der Waals surface area contributed by atoms with Crippen molar-refractivity contribution in [2.45, 2.75) is 24.8 Å². The maximum Gasteiger partial charge on any atom is 0.323 e. The lowest BCUT2D eigenvalue weighted by Crippen LogP contribution is -2.36. The number of sulfonamides is 1. The first-order valence-electron chi connectivity index (χ1n) is 5.43. The van der Waals surface area contributed by atoms with Gasteiger partial charge in [-0.2, -0.15) is 0 Å². The Bertz CT molecular complexity index is 586. The van der Waals surface area contributed by atoms with Crippen LogP contribution >= 0.6 is 0 Å². The van der Waals surface area contributed by atoms with Gasteiger partial charge in [-0.1, -0.05) is 0 Å². The molecule has 0 atom stereocenters. The molecule has 0 aliphatic heterocycles. The SMILES string of the molecule is CC(C)N(CC(=O)O)c1ccc(S(N)(=O)=O)cc1F. The highest BCUT2D eigenvalue weighted by Gasteiger charge is 2.19. The van der Waals surface area contributed by atoms with E-state index < -0.39 is 21.8 Å². The van der Waals surface area contributed by atoms with Crippen molar-refractivity contribution in [3.05, 3.63) is 24.0 Å². The number of aliphatic carboxylic acids is 1. The molecule has 0 aromatic heterocycles. The van der Waals surface area contributed by atoms with Crippen molar-refractivity contribution in [3.8, 4) is 0 Å². The van der Waals surface area contributed by atoms with E-state index in [0.717, 1.165) is 12.1 Å². The molecule has 0 heterocycles. The molecule has 19 heavy (non-hydrogen) atoms. The molecule has 6 nitrogen and oxygen atoms in total. The summed E-state index contributed by atoms with van der Waals surface area (Å²) >= 11 is 0. The van der Waals surface area contributed by atoms with Crippen LogP contribution in [0.5, 0.6) is 0 Å². The number of hydrogen-bond acceptors (Lipinski definition) is 4. The first kappa shape index (κ1) is 15.4. The monoisotopic (exact) mass is 290 g/mol. The Balaban J connectivity index is 3.23. The minimum atomic E-state index is -3.99. The first-order valence-corrected chi connectivity index (χ1v) is 6.98. The third-order valence-corrected chi connectivity index (χ3v) is 3.40. The van der Waals surface area contributed by atoms with Crippen LogP contribution in [-0.2, 0) is 14.8 Å². The lowest BCUT2D eigenvalue weighted by Gasteiger charge is -2.27. The van der Waals surface area contributed by atoms with Crippen molar-refractivity contribution >= 4 is 21.7 Å². The third-order valence-electron chi connectivity index (χ3n) is 2.49. The van der Waals surface area contributed by atoms with Crippen molar-refractivity contribution in [1.82, 2.24) is 0 Å². The Hall–Kier alpha value is -1.67. The second-order valence-electron chi connectivity index (χ2n) is 4.27. The van der Waals surface area contributed by atoms with E-state index in [1.165, 1.54) is 11.0 Å². The maximum absolute atomic E-state index is 13.9. The fourth-order valence-electron chi connectivity index (χ4n) is 1.59. The summed E-state index contributed by atoms with van der Waals surface area (Å²) in [5, 5.41) is 13.7. The average Bonchev–Trinajstić information content (AvgIpc) is 2.24. The van der Waals surface area contributed by atoms with Gasteiger partial charge in [0.15, 0.2) is 0 Å². The number of carboxylic acid groups (broad SMARTS) is 1. The molecule has 0 saturated heterocycles. The van der Waals surface area contributed by atoms with Crippen LogP contribution in [0.2, 0.25) is 0 Å². The van der Waals surface area contributed by atoms with Gasteiger partial charge in [-0.3, -0.25) is 4.79 Å². The second-order valence-corrected chi connectivity index (χ2v) is 5.84. The number of carbonyl (C=O) groups is 1. The van der Waals surface area contributed by atoms with Gasteiger partial charge < -0.3 is 10.0 Å². The number of halogens is 1. The minimum Gasteiger partial charge on any atom is -0.480 e. The third kappa shape index (κ3) is 3.90. The van der Waals surface area contributed by atoms with Gasteiger partial charge in [0.1, 0.15) is 12.4 Å². The number of rotatable bonds is 5. The van der Waals surface area contributed by atoms with Crippen LogP contribution in [0.1, 0.15) is 13.8 Å². The molecule has 0 unspecified atom stereocenters. The van der Waals surface area contributed by atoms with Gasteiger partial charge in [-0.25, -0.2) is 17.9 Å². The maximum atomic E-state index is 13.9. The van der Waals surface area contributed by atoms with Gasteiger partial charge in [0, 0.05) is 6.04 Å². The fraction of sp³-hybridized carbons (Fsp3) is 0.364. The van der Waals surface area contributed by atoms with E-state index in [-0.39, 0.29) is 23.2 Å². The zero-order chi connectivity index (χ0) is 14.8. The number of carboxylic acids is 1. The standard InChI is InChI=1S/C11H15FN2O4S/c1-7(2)14(6-11(15)16)10-4-3-8(5-9(10)12)19(13,17)18/h3-5,7H,6H2,1-2H3,(H,15,16)(H2,13,17,18). The molecule has 0 amide bonds. The number of benzene rings is 1. The first-order chi connectivity index (χ1) is 8.62. The van der Waals surface area contributed by atoms with Crippen LogP contribution < -0.4 is 10.0 Å². The Labute approximate surface area is 110 Å². The molecule has 0 aliphatic carbocycles. The molecule has 0 fully saturated rings. The van der Waals surface area contributed by atoms with Gasteiger partial charge in [-0.15, -0.1) is 0 Å². The van der Waals surface area contributed by atoms with E-state index in [2.05, 4.69) is 0 Å². The lowest BCUT2D eigenvalue weighted by atomic mass is 10.2. The van der Waals surface area contributed by atoms with Gasteiger partial charge in [0.05, 0.1) is 10.6 Å². The van der Waals surface area contributed by atoms with Crippen LogP contribution in [0.4, 0.5) is 10.1 Å². The molecular weight excluding hydrogens is 275 g/mol. The number of hydrogen-bond donors (Lipinski definition) is 2. The average molecular weight is 290 g/mol. The predicted molar refractivity (Wildman–Crippen MR) is 67.9 cm³/mol. The lowest BCUT2D eigenvalue weighted by molar-refractivity contribution is -0.135. The van der Waals surface area contributed by atoms with Crippen molar-refractivity contribution < 1.29 is 22.7 Å². The van der Waals surface area contributed by atoms with Crippen LogP contribution in [0.15, 0.2) is 23.1 Å². The molecular formula is C11H15FN2O4S. The number of nitrogens with two attached hydrogens (primary N) is 1. The van der Waals surface area contributed by atoms with Crippen molar-refractivity contribution in [2.75, 3.05) is 11.4 Å². The normalized spacial score (nSPS) is 11.6. The van der Waals surface area contributed by atoms with E-state index in [1.807, 2.05) is 0 Å². The molecule has 3 N–H and O–H groups in total.